The fraction of sp³-hybridized carbons (Fsp3) is 0.429. The summed E-state index contributed by atoms with van der Waals surface area (Å²) in [6.45, 7) is 2.38. The molecule has 2 amide bonds. The summed E-state index contributed by atoms with van der Waals surface area (Å²) in [6.07, 6.45) is 2.15. The monoisotopic (exact) mass is 278 g/mol. The maximum absolute atomic E-state index is 11.2. The molecule has 1 aromatic rings. The second kappa shape index (κ2) is 9.66. The molecule has 1 rings (SSSR count). The van der Waals surface area contributed by atoms with Crippen LogP contribution < -0.4 is 4.74 Å². The molecule has 6 heteroatoms. The second-order valence-corrected chi connectivity index (χ2v) is 4.06. The number of benzene rings is 1. The molecule has 0 spiro atoms. The molecule has 0 aromatic heterocycles. The Morgan fingerprint density at radius 3 is 2.40 bits per heavy atom. The Kier molecular flexibility index (Phi) is 7.64. The van der Waals surface area contributed by atoms with Gasteiger partial charge >= 0.3 is 12.2 Å². The summed E-state index contributed by atoms with van der Waals surface area (Å²) in [6, 6.07) is 8.41. The molecule has 20 heavy (non-hydrogen) atoms. The van der Waals surface area contributed by atoms with E-state index in [9.17, 15) is 9.59 Å². The summed E-state index contributed by atoms with van der Waals surface area (Å²) >= 11 is 0. The lowest BCUT2D eigenvalue weighted by molar-refractivity contribution is 0.152. The highest BCUT2D eigenvalue weighted by Crippen LogP contribution is 2.09. The van der Waals surface area contributed by atoms with Gasteiger partial charge in [0.15, 0.2) is 0 Å². The van der Waals surface area contributed by atoms with Gasteiger partial charge in [-0.05, 0) is 18.6 Å². The zero-order valence-electron chi connectivity index (χ0n) is 11.4. The van der Waals surface area contributed by atoms with Crippen molar-refractivity contribution in [2.24, 2.45) is 10.2 Å². The van der Waals surface area contributed by atoms with E-state index in [0.717, 1.165) is 25.7 Å². The number of para-hydroxylation sites is 1. The zero-order valence-corrected chi connectivity index (χ0v) is 11.4. The van der Waals surface area contributed by atoms with Crippen LogP contribution in [0.1, 0.15) is 32.6 Å². The van der Waals surface area contributed by atoms with Gasteiger partial charge in [0, 0.05) is 0 Å². The number of hydrogen-bond acceptors (Lipinski definition) is 4. The van der Waals surface area contributed by atoms with Gasteiger partial charge in [-0.3, -0.25) is 0 Å². The number of hydrogen-bond donors (Lipinski definition) is 0. The number of rotatable bonds is 6. The molecule has 108 valence electrons. The van der Waals surface area contributed by atoms with Gasteiger partial charge in [0.05, 0.1) is 6.61 Å². The quantitative estimate of drug-likeness (QED) is 0.572. The van der Waals surface area contributed by atoms with Crippen LogP contribution in [0.4, 0.5) is 9.59 Å². The van der Waals surface area contributed by atoms with E-state index in [1.165, 1.54) is 0 Å². The Hall–Kier alpha value is -2.24. The highest BCUT2D eigenvalue weighted by atomic mass is 16.6. The summed E-state index contributed by atoms with van der Waals surface area (Å²) in [7, 11) is 0. The van der Waals surface area contributed by atoms with Crippen molar-refractivity contribution >= 4 is 12.2 Å². The van der Waals surface area contributed by atoms with E-state index in [4.69, 9.17) is 9.47 Å². The minimum atomic E-state index is -0.959. The van der Waals surface area contributed by atoms with E-state index >= 15 is 0 Å². The number of amides is 2. The minimum absolute atomic E-state index is 0.283. The maximum Gasteiger partial charge on any atom is 0.458 e. The molecule has 0 fully saturated rings. The Morgan fingerprint density at radius 2 is 1.70 bits per heavy atom. The lowest BCUT2D eigenvalue weighted by Crippen LogP contribution is -2.04. The molecule has 0 heterocycles. The van der Waals surface area contributed by atoms with Crippen LogP contribution in [0.3, 0.4) is 0 Å². The van der Waals surface area contributed by atoms with Crippen LogP contribution in [0, 0.1) is 0 Å². The molecule has 0 saturated heterocycles. The number of carbonyl (C=O) groups excluding carboxylic acids is 2. The van der Waals surface area contributed by atoms with Crippen molar-refractivity contribution in [3.8, 4) is 5.75 Å². The first-order valence-electron chi connectivity index (χ1n) is 6.57. The van der Waals surface area contributed by atoms with E-state index in [0.29, 0.717) is 5.75 Å². The average Bonchev–Trinajstić information content (AvgIpc) is 2.46. The lowest BCUT2D eigenvalue weighted by atomic mass is 10.2. The Bertz CT molecular complexity index is 446. The summed E-state index contributed by atoms with van der Waals surface area (Å²) in [4.78, 5) is 22.4. The number of ether oxygens (including phenoxy) is 2. The molecular weight excluding hydrogens is 260 g/mol. The third kappa shape index (κ3) is 7.25. The molecule has 0 atom stereocenters. The summed E-state index contributed by atoms with van der Waals surface area (Å²) in [5.41, 5.74) is 0. The lowest BCUT2D eigenvalue weighted by Gasteiger charge is -2.00. The Balaban J connectivity index is 2.22. The number of azo groups is 1. The summed E-state index contributed by atoms with van der Waals surface area (Å²) < 4.78 is 9.60. The van der Waals surface area contributed by atoms with E-state index in [-0.39, 0.29) is 6.61 Å². The first-order chi connectivity index (χ1) is 9.72. The van der Waals surface area contributed by atoms with Crippen LogP contribution in [0.2, 0.25) is 0 Å². The van der Waals surface area contributed by atoms with Crippen molar-refractivity contribution in [3.63, 3.8) is 0 Å². The third-order valence-corrected chi connectivity index (χ3v) is 2.39. The molecule has 0 aliphatic heterocycles. The average molecular weight is 278 g/mol. The highest BCUT2D eigenvalue weighted by Gasteiger charge is 2.05. The van der Waals surface area contributed by atoms with Gasteiger partial charge in [-0.2, -0.15) is 0 Å². The first-order valence-corrected chi connectivity index (χ1v) is 6.57. The predicted octanol–water partition coefficient (Wildman–Crippen LogP) is 4.35. The first kappa shape index (κ1) is 15.8. The van der Waals surface area contributed by atoms with Gasteiger partial charge in [0.25, 0.3) is 0 Å². The SMILES string of the molecule is CCCCCCOC(=O)N=NC(=O)Oc1ccccc1. The van der Waals surface area contributed by atoms with E-state index < -0.39 is 12.2 Å². The Labute approximate surface area is 117 Å². The number of nitrogens with zero attached hydrogens (tertiary/aromatic N) is 2. The fourth-order valence-corrected chi connectivity index (χ4v) is 1.41. The van der Waals surface area contributed by atoms with Gasteiger partial charge < -0.3 is 9.47 Å². The van der Waals surface area contributed by atoms with Crippen LogP contribution in [-0.2, 0) is 4.74 Å². The normalized spacial score (nSPS) is 10.4. The molecule has 0 radical (unpaired) electrons. The van der Waals surface area contributed by atoms with Gasteiger partial charge in [0.2, 0.25) is 0 Å². The zero-order chi connectivity index (χ0) is 14.6. The van der Waals surface area contributed by atoms with Crippen LogP contribution in [0.5, 0.6) is 5.75 Å². The van der Waals surface area contributed by atoms with E-state index in [2.05, 4.69) is 17.2 Å². The predicted molar refractivity (Wildman–Crippen MR) is 72.8 cm³/mol. The minimum Gasteiger partial charge on any atom is -0.447 e. The fourth-order valence-electron chi connectivity index (χ4n) is 1.41. The smallest absolute Gasteiger partial charge is 0.447 e. The summed E-state index contributed by atoms with van der Waals surface area (Å²) in [5.74, 6) is 0.337. The largest absolute Gasteiger partial charge is 0.458 e. The van der Waals surface area contributed by atoms with Crippen LogP contribution in [0.25, 0.3) is 0 Å². The second-order valence-electron chi connectivity index (χ2n) is 4.06. The number of carbonyl (C=O) groups is 2. The van der Waals surface area contributed by atoms with Crippen LogP contribution >= 0.6 is 0 Å². The maximum atomic E-state index is 11.2. The van der Waals surface area contributed by atoms with Gasteiger partial charge in [-0.25, -0.2) is 9.59 Å². The van der Waals surface area contributed by atoms with Gasteiger partial charge in [0.1, 0.15) is 5.75 Å². The van der Waals surface area contributed by atoms with Crippen molar-refractivity contribution in [1.82, 2.24) is 0 Å². The van der Waals surface area contributed by atoms with Crippen LogP contribution in [-0.4, -0.2) is 18.8 Å². The highest BCUT2D eigenvalue weighted by molar-refractivity contribution is 5.74. The summed E-state index contributed by atoms with van der Waals surface area (Å²) in [5, 5.41) is 6.25. The molecule has 0 saturated carbocycles. The Morgan fingerprint density at radius 1 is 1.00 bits per heavy atom. The van der Waals surface area contributed by atoms with E-state index in [1.807, 2.05) is 0 Å². The molecular formula is C14H18N2O4. The number of unbranched alkanes of at least 4 members (excludes halogenated alkanes) is 3. The van der Waals surface area contributed by atoms with E-state index in [1.54, 1.807) is 30.3 Å². The molecule has 0 aliphatic rings. The standard InChI is InChI=1S/C14H18N2O4/c1-2-3-4-8-11-19-13(17)15-16-14(18)20-12-9-6-5-7-10-12/h5-7,9-10H,2-4,8,11H2,1H3. The molecule has 6 nitrogen and oxygen atoms in total. The molecule has 0 aliphatic carbocycles. The third-order valence-electron chi connectivity index (χ3n) is 2.39. The van der Waals surface area contributed by atoms with Crippen molar-refractivity contribution in [2.45, 2.75) is 32.6 Å². The van der Waals surface area contributed by atoms with Crippen molar-refractivity contribution in [1.29, 1.82) is 0 Å². The van der Waals surface area contributed by atoms with Gasteiger partial charge in [-0.15, -0.1) is 0 Å². The molecule has 0 N–H and O–H groups in total. The molecule has 1 aromatic carbocycles. The van der Waals surface area contributed by atoms with Crippen molar-refractivity contribution < 1.29 is 19.1 Å². The van der Waals surface area contributed by atoms with Crippen LogP contribution in [0.15, 0.2) is 40.6 Å². The topological polar surface area (TPSA) is 77.3 Å². The molecule has 0 bridgehead atoms. The van der Waals surface area contributed by atoms with Crippen molar-refractivity contribution in [3.05, 3.63) is 30.3 Å². The van der Waals surface area contributed by atoms with Crippen molar-refractivity contribution in [2.75, 3.05) is 6.61 Å². The van der Waals surface area contributed by atoms with Gasteiger partial charge in [-0.1, -0.05) is 54.6 Å². The molecule has 0 unspecified atom stereocenters.